The first-order chi connectivity index (χ1) is 15.3. The first-order valence-corrected chi connectivity index (χ1v) is 10.9. The maximum absolute atomic E-state index is 13.1. The summed E-state index contributed by atoms with van der Waals surface area (Å²) in [5, 5.41) is 11.2. The number of carbonyl (C=O) groups excluding carboxylic acids is 1. The van der Waals surface area contributed by atoms with Crippen molar-refractivity contribution in [3.05, 3.63) is 41.0 Å². The number of hydrogen-bond acceptors (Lipinski definition) is 6. The maximum atomic E-state index is 13.1. The van der Waals surface area contributed by atoms with Gasteiger partial charge in [0.1, 0.15) is 23.3 Å². The van der Waals surface area contributed by atoms with Crippen LogP contribution < -0.4 is 26.3 Å². The van der Waals surface area contributed by atoms with Crippen LogP contribution in [-0.4, -0.2) is 24.0 Å². The molecule has 8 heteroatoms. The topological polar surface area (TPSA) is 126 Å². The number of nitrogen functional groups attached to an aromatic ring is 2. The van der Waals surface area contributed by atoms with Crippen molar-refractivity contribution in [3.8, 4) is 6.07 Å². The molecule has 0 saturated heterocycles. The van der Waals surface area contributed by atoms with E-state index >= 15 is 0 Å². The van der Waals surface area contributed by atoms with Crippen molar-refractivity contribution in [2.45, 2.75) is 40.0 Å². The highest BCUT2D eigenvalue weighted by atomic mass is 16.2. The minimum atomic E-state index is -0.114. The van der Waals surface area contributed by atoms with Crippen molar-refractivity contribution in [2.24, 2.45) is 0 Å². The zero-order chi connectivity index (χ0) is 23.2. The SMILES string of the molecule is CCN(CC)c1[nH+]c(N)c2c(N)nc3c(c2c1C#N)CC(=O)N3c1ccc(C(C)C)cc1. The minimum Gasteiger partial charge on any atom is -0.383 e. The third-order valence-corrected chi connectivity index (χ3v) is 6.11. The van der Waals surface area contributed by atoms with E-state index in [1.807, 2.05) is 43.0 Å². The van der Waals surface area contributed by atoms with E-state index in [-0.39, 0.29) is 18.1 Å². The molecule has 164 valence electrons. The van der Waals surface area contributed by atoms with Crippen molar-refractivity contribution in [3.63, 3.8) is 0 Å². The molecule has 4 rings (SSSR count). The minimum absolute atomic E-state index is 0.114. The van der Waals surface area contributed by atoms with E-state index in [0.717, 1.165) is 5.69 Å². The van der Waals surface area contributed by atoms with Gasteiger partial charge in [-0.05, 0) is 37.5 Å². The lowest BCUT2D eigenvalue weighted by molar-refractivity contribution is -0.344. The van der Waals surface area contributed by atoms with Crippen LogP contribution in [0.2, 0.25) is 0 Å². The van der Waals surface area contributed by atoms with Gasteiger partial charge in [-0.3, -0.25) is 14.6 Å². The molecule has 1 aromatic carbocycles. The molecule has 0 unspecified atom stereocenters. The molecule has 3 heterocycles. The van der Waals surface area contributed by atoms with E-state index in [9.17, 15) is 10.1 Å². The Morgan fingerprint density at radius 2 is 1.84 bits per heavy atom. The van der Waals surface area contributed by atoms with Crippen LogP contribution in [0, 0.1) is 11.3 Å². The Morgan fingerprint density at radius 1 is 1.19 bits per heavy atom. The number of carbonyl (C=O) groups is 1. The van der Waals surface area contributed by atoms with E-state index in [1.165, 1.54) is 5.56 Å². The fourth-order valence-corrected chi connectivity index (χ4v) is 4.41. The highest BCUT2D eigenvalue weighted by Gasteiger charge is 2.36. The van der Waals surface area contributed by atoms with Crippen LogP contribution in [0.15, 0.2) is 24.3 Å². The number of nitrogens with two attached hydrogens (primary N) is 2. The lowest BCUT2D eigenvalue weighted by Crippen LogP contribution is -2.31. The number of fused-ring (bicyclic) bond motifs is 3. The summed E-state index contributed by atoms with van der Waals surface area (Å²) in [6, 6.07) is 10.2. The van der Waals surface area contributed by atoms with E-state index in [1.54, 1.807) is 4.90 Å². The predicted molar refractivity (Wildman–Crippen MR) is 127 cm³/mol. The molecule has 0 saturated carbocycles. The lowest BCUT2D eigenvalue weighted by Gasteiger charge is -2.20. The number of aromatic amines is 1. The molecule has 0 radical (unpaired) electrons. The average molecular weight is 431 g/mol. The van der Waals surface area contributed by atoms with Crippen molar-refractivity contribution in [2.75, 3.05) is 34.4 Å². The molecule has 0 spiro atoms. The second-order valence-electron chi connectivity index (χ2n) is 8.25. The third-order valence-electron chi connectivity index (χ3n) is 6.11. The number of H-pyrrole nitrogens is 1. The zero-order valence-electron chi connectivity index (χ0n) is 18.9. The molecule has 1 amide bonds. The predicted octanol–water partition coefficient (Wildman–Crippen LogP) is 3.28. The van der Waals surface area contributed by atoms with Crippen LogP contribution in [0.25, 0.3) is 10.8 Å². The van der Waals surface area contributed by atoms with E-state index in [4.69, 9.17) is 11.5 Å². The monoisotopic (exact) mass is 430 g/mol. The third kappa shape index (κ3) is 3.17. The summed E-state index contributed by atoms with van der Waals surface area (Å²) in [7, 11) is 0. The fraction of sp³-hybridized carbons (Fsp3) is 0.333. The van der Waals surface area contributed by atoms with Gasteiger partial charge in [0.2, 0.25) is 17.5 Å². The number of amides is 1. The molecule has 1 aliphatic rings. The summed E-state index contributed by atoms with van der Waals surface area (Å²) >= 11 is 0. The maximum Gasteiger partial charge on any atom is 0.240 e. The number of hydrogen-bond donors (Lipinski definition) is 2. The first-order valence-electron chi connectivity index (χ1n) is 10.9. The smallest absolute Gasteiger partial charge is 0.240 e. The number of pyridine rings is 2. The van der Waals surface area contributed by atoms with Gasteiger partial charge in [-0.25, -0.2) is 9.97 Å². The lowest BCUT2D eigenvalue weighted by atomic mass is 10.0. The number of nitrogens with one attached hydrogen (secondary N) is 1. The largest absolute Gasteiger partial charge is 0.383 e. The Hall–Kier alpha value is -3.86. The first kappa shape index (κ1) is 21.4. The summed E-state index contributed by atoms with van der Waals surface area (Å²) in [6.45, 7) is 9.66. The molecule has 5 N–H and O–H groups in total. The molecular weight excluding hydrogens is 402 g/mol. The second kappa shape index (κ2) is 8.00. The van der Waals surface area contributed by atoms with Gasteiger partial charge in [-0.1, -0.05) is 26.0 Å². The molecule has 3 aromatic rings. The molecule has 0 atom stereocenters. The van der Waals surface area contributed by atoms with Gasteiger partial charge >= 0.3 is 0 Å². The number of nitriles is 1. The van der Waals surface area contributed by atoms with Gasteiger partial charge in [0, 0.05) is 10.9 Å². The highest BCUT2D eigenvalue weighted by Crippen LogP contribution is 2.43. The normalized spacial score (nSPS) is 13.0. The van der Waals surface area contributed by atoms with Crippen molar-refractivity contribution in [1.29, 1.82) is 5.26 Å². The summed E-state index contributed by atoms with van der Waals surface area (Å²) in [4.78, 5) is 24.4. The molecule has 0 bridgehead atoms. The number of aromatic nitrogens is 2. The standard InChI is InChI=1S/C24H27N7O/c1-5-30(6-2)23-17(12-25)19-16-11-18(32)31(15-9-7-14(8-10-15)13(3)4)24(16)29-22(27)20(19)21(26)28-23/h7-10,13H,5-6,11H2,1-4H3,(H2,26,28)(H2,27,29)/p+1. The number of nitrogens with zero attached hydrogens (tertiary/aromatic N) is 4. The molecule has 1 aliphatic heterocycles. The van der Waals surface area contributed by atoms with Gasteiger partial charge in [0.15, 0.2) is 0 Å². The van der Waals surface area contributed by atoms with Crippen LogP contribution in [0.1, 0.15) is 50.3 Å². The van der Waals surface area contributed by atoms with Gasteiger partial charge in [-0.2, -0.15) is 5.26 Å². The van der Waals surface area contributed by atoms with Crippen LogP contribution in [0.5, 0.6) is 0 Å². The number of rotatable bonds is 5. The highest BCUT2D eigenvalue weighted by molar-refractivity contribution is 6.15. The van der Waals surface area contributed by atoms with Crippen LogP contribution in [-0.2, 0) is 11.2 Å². The molecule has 32 heavy (non-hydrogen) atoms. The Morgan fingerprint density at radius 3 is 2.41 bits per heavy atom. The quantitative estimate of drug-likeness (QED) is 0.640. The van der Waals surface area contributed by atoms with Gasteiger partial charge < -0.3 is 11.5 Å². The Labute approximate surface area is 187 Å². The second-order valence-corrected chi connectivity index (χ2v) is 8.25. The molecule has 2 aromatic heterocycles. The van der Waals surface area contributed by atoms with Crippen LogP contribution in [0.3, 0.4) is 0 Å². The molecule has 0 aliphatic carbocycles. The summed E-state index contributed by atoms with van der Waals surface area (Å²) in [5.74, 6) is 1.89. The van der Waals surface area contributed by atoms with Gasteiger partial charge in [0.05, 0.1) is 30.6 Å². The van der Waals surface area contributed by atoms with Crippen molar-refractivity contribution < 1.29 is 9.78 Å². The summed E-state index contributed by atoms with van der Waals surface area (Å²) in [5.41, 5.74) is 15.7. The van der Waals surface area contributed by atoms with Gasteiger partial charge in [-0.15, -0.1) is 0 Å². The van der Waals surface area contributed by atoms with Crippen molar-refractivity contribution >= 4 is 45.6 Å². The van der Waals surface area contributed by atoms with E-state index in [0.29, 0.717) is 58.4 Å². The fourth-order valence-electron chi connectivity index (χ4n) is 4.41. The van der Waals surface area contributed by atoms with Gasteiger partial charge in [0.25, 0.3) is 0 Å². The van der Waals surface area contributed by atoms with Crippen LogP contribution in [0.4, 0.5) is 29.0 Å². The summed E-state index contributed by atoms with van der Waals surface area (Å²) in [6.07, 6.45) is 0.126. The molecular formula is C24H28N7O+. The average Bonchev–Trinajstić information content (AvgIpc) is 3.10. The van der Waals surface area contributed by atoms with Crippen LogP contribution >= 0.6 is 0 Å². The Bertz CT molecular complexity index is 1250. The zero-order valence-corrected chi connectivity index (χ0v) is 18.9. The Balaban J connectivity index is 2.00. The number of anilines is 5. The number of benzene rings is 1. The van der Waals surface area contributed by atoms with Crippen molar-refractivity contribution in [1.82, 2.24) is 4.98 Å². The Kier molecular flexibility index (Phi) is 5.35. The van der Waals surface area contributed by atoms with E-state index in [2.05, 4.69) is 29.9 Å². The van der Waals surface area contributed by atoms with E-state index < -0.39 is 0 Å². The molecule has 8 nitrogen and oxygen atoms in total. The summed E-state index contributed by atoms with van der Waals surface area (Å²) < 4.78 is 0. The molecule has 0 fully saturated rings.